The van der Waals surface area contributed by atoms with Gasteiger partial charge in [-0.25, -0.2) is 4.39 Å². The summed E-state index contributed by atoms with van der Waals surface area (Å²) in [5.74, 6) is -0.351. The minimum Gasteiger partial charge on any atom is -0.349 e. The molecule has 21 heavy (non-hydrogen) atoms. The van der Waals surface area contributed by atoms with Crippen molar-refractivity contribution in [3.63, 3.8) is 0 Å². The Kier molecular flexibility index (Phi) is 4.32. The average Bonchev–Trinajstić information content (AvgIpc) is 2.76. The largest absolute Gasteiger partial charge is 0.349 e. The molecule has 1 unspecified atom stereocenters. The number of halogens is 2. The molecule has 0 saturated carbocycles. The van der Waals surface area contributed by atoms with Crippen molar-refractivity contribution in [1.29, 1.82) is 0 Å². The van der Waals surface area contributed by atoms with E-state index in [-0.39, 0.29) is 10.8 Å². The van der Waals surface area contributed by atoms with Gasteiger partial charge in [-0.15, -0.1) is 0 Å². The van der Waals surface area contributed by atoms with Gasteiger partial charge in [0.25, 0.3) is 0 Å². The lowest BCUT2D eigenvalue weighted by Gasteiger charge is -2.13. The van der Waals surface area contributed by atoms with Crippen molar-refractivity contribution < 1.29 is 4.39 Å². The Morgan fingerprint density at radius 3 is 2.95 bits per heavy atom. The summed E-state index contributed by atoms with van der Waals surface area (Å²) in [6.45, 7) is 0.678. The Balaban J connectivity index is 1.85. The molecule has 0 saturated heterocycles. The van der Waals surface area contributed by atoms with Crippen LogP contribution in [-0.2, 0) is 13.0 Å². The first-order chi connectivity index (χ1) is 10.2. The minimum absolute atomic E-state index is 0.178. The molecule has 1 aliphatic carbocycles. The maximum absolute atomic E-state index is 13.5. The standard InChI is InChI=1S/C17H20ClFN2/c1-20-17-5-3-2-4-13-10-21(11-14(13)17)9-12-6-7-15(18)16(19)8-12/h6-8,10-11,17,20H,2-5,9H2,1H3. The molecule has 4 heteroatoms. The summed E-state index contributed by atoms with van der Waals surface area (Å²) in [5.41, 5.74) is 3.74. The van der Waals surface area contributed by atoms with Crippen molar-refractivity contribution in [1.82, 2.24) is 9.88 Å². The highest BCUT2D eigenvalue weighted by Gasteiger charge is 2.19. The molecule has 1 aliphatic rings. The zero-order chi connectivity index (χ0) is 14.8. The second-order valence-corrected chi connectivity index (χ2v) is 6.15. The van der Waals surface area contributed by atoms with Crippen molar-refractivity contribution in [2.45, 2.75) is 38.3 Å². The number of rotatable bonds is 3. The molecule has 0 bridgehead atoms. The zero-order valence-corrected chi connectivity index (χ0v) is 13.0. The summed E-state index contributed by atoms with van der Waals surface area (Å²) >= 11 is 5.73. The summed E-state index contributed by atoms with van der Waals surface area (Å²) in [5, 5.41) is 3.58. The van der Waals surface area contributed by atoms with Crippen LogP contribution >= 0.6 is 11.6 Å². The maximum atomic E-state index is 13.5. The first kappa shape index (κ1) is 14.6. The monoisotopic (exact) mass is 306 g/mol. The molecule has 0 radical (unpaired) electrons. The molecule has 3 rings (SSSR count). The molecule has 1 aromatic carbocycles. The van der Waals surface area contributed by atoms with E-state index in [1.54, 1.807) is 6.07 Å². The van der Waals surface area contributed by atoms with Crippen molar-refractivity contribution in [3.05, 3.63) is 58.1 Å². The van der Waals surface area contributed by atoms with Crippen LogP contribution in [0.15, 0.2) is 30.6 Å². The van der Waals surface area contributed by atoms with E-state index < -0.39 is 0 Å². The van der Waals surface area contributed by atoms with Crippen molar-refractivity contribution in [3.8, 4) is 0 Å². The van der Waals surface area contributed by atoms with E-state index in [0.29, 0.717) is 12.6 Å². The molecule has 112 valence electrons. The summed E-state index contributed by atoms with van der Waals surface area (Å²) in [6.07, 6.45) is 9.23. The lowest BCUT2D eigenvalue weighted by Crippen LogP contribution is -2.15. The van der Waals surface area contributed by atoms with Crippen LogP contribution in [0.4, 0.5) is 4.39 Å². The van der Waals surface area contributed by atoms with Crippen LogP contribution in [0.25, 0.3) is 0 Å². The molecular weight excluding hydrogens is 287 g/mol. The van der Waals surface area contributed by atoms with Crippen molar-refractivity contribution >= 4 is 11.6 Å². The van der Waals surface area contributed by atoms with E-state index in [1.807, 2.05) is 13.1 Å². The van der Waals surface area contributed by atoms with Crippen LogP contribution in [0, 0.1) is 5.82 Å². The Bertz CT molecular complexity index is 636. The molecule has 1 aromatic heterocycles. The van der Waals surface area contributed by atoms with Crippen LogP contribution in [0.2, 0.25) is 5.02 Å². The van der Waals surface area contributed by atoms with Crippen LogP contribution in [-0.4, -0.2) is 11.6 Å². The molecule has 0 aliphatic heterocycles. The molecule has 0 spiro atoms. The number of hydrogen-bond acceptors (Lipinski definition) is 1. The Labute approximate surface area is 129 Å². The summed E-state index contributed by atoms with van der Waals surface area (Å²) in [4.78, 5) is 0. The lowest BCUT2D eigenvalue weighted by atomic mass is 10.1. The molecule has 1 heterocycles. The van der Waals surface area contributed by atoms with Gasteiger partial charge in [0.2, 0.25) is 0 Å². The Hall–Kier alpha value is -1.32. The van der Waals surface area contributed by atoms with Gasteiger partial charge in [0, 0.05) is 25.0 Å². The maximum Gasteiger partial charge on any atom is 0.142 e. The summed E-state index contributed by atoms with van der Waals surface area (Å²) in [6, 6.07) is 5.46. The van der Waals surface area contributed by atoms with Gasteiger partial charge in [-0.3, -0.25) is 0 Å². The van der Waals surface area contributed by atoms with E-state index in [2.05, 4.69) is 22.3 Å². The molecule has 2 aromatic rings. The minimum atomic E-state index is -0.351. The van der Waals surface area contributed by atoms with Gasteiger partial charge in [0.1, 0.15) is 5.82 Å². The molecular formula is C17H20ClFN2. The van der Waals surface area contributed by atoms with Gasteiger partial charge in [-0.2, -0.15) is 0 Å². The highest BCUT2D eigenvalue weighted by Crippen LogP contribution is 2.29. The number of aryl methyl sites for hydroxylation is 1. The fraction of sp³-hybridized carbons (Fsp3) is 0.412. The second-order valence-electron chi connectivity index (χ2n) is 5.75. The predicted molar refractivity (Wildman–Crippen MR) is 84.3 cm³/mol. The second kappa shape index (κ2) is 6.20. The van der Waals surface area contributed by atoms with Gasteiger partial charge in [0.05, 0.1) is 5.02 Å². The first-order valence-electron chi connectivity index (χ1n) is 7.47. The number of aromatic nitrogens is 1. The van der Waals surface area contributed by atoms with Gasteiger partial charge in [0.15, 0.2) is 0 Å². The SMILES string of the molecule is CNC1CCCCc2cn(Cc3ccc(Cl)c(F)c3)cc21. The molecule has 0 amide bonds. The fourth-order valence-corrected chi connectivity index (χ4v) is 3.27. The molecule has 1 atom stereocenters. The third-order valence-corrected chi connectivity index (χ3v) is 4.57. The number of fused-ring (bicyclic) bond motifs is 1. The van der Waals surface area contributed by atoms with Crippen LogP contribution in [0.5, 0.6) is 0 Å². The first-order valence-corrected chi connectivity index (χ1v) is 7.85. The Morgan fingerprint density at radius 2 is 2.19 bits per heavy atom. The van der Waals surface area contributed by atoms with Crippen LogP contribution in [0.1, 0.15) is 42.0 Å². The summed E-state index contributed by atoms with van der Waals surface area (Å²) in [7, 11) is 2.02. The van der Waals surface area contributed by atoms with E-state index >= 15 is 0 Å². The highest BCUT2D eigenvalue weighted by molar-refractivity contribution is 6.30. The van der Waals surface area contributed by atoms with Gasteiger partial charge >= 0.3 is 0 Å². The van der Waals surface area contributed by atoms with Crippen molar-refractivity contribution in [2.24, 2.45) is 0 Å². The van der Waals surface area contributed by atoms with Gasteiger partial charge < -0.3 is 9.88 Å². The zero-order valence-electron chi connectivity index (χ0n) is 12.2. The molecule has 2 nitrogen and oxygen atoms in total. The van der Waals surface area contributed by atoms with E-state index in [9.17, 15) is 4.39 Å². The fourth-order valence-electron chi connectivity index (χ4n) is 3.16. The number of benzene rings is 1. The lowest BCUT2D eigenvalue weighted by molar-refractivity contribution is 0.531. The number of nitrogens with zero attached hydrogens (tertiary/aromatic N) is 1. The number of hydrogen-bond donors (Lipinski definition) is 1. The smallest absolute Gasteiger partial charge is 0.142 e. The highest BCUT2D eigenvalue weighted by atomic mass is 35.5. The van der Waals surface area contributed by atoms with Gasteiger partial charge in [-0.05, 0) is 55.1 Å². The molecule has 0 fully saturated rings. The van der Waals surface area contributed by atoms with E-state index in [1.165, 1.54) is 36.5 Å². The van der Waals surface area contributed by atoms with E-state index in [0.717, 1.165) is 12.0 Å². The average molecular weight is 307 g/mol. The quantitative estimate of drug-likeness (QED) is 0.836. The van der Waals surface area contributed by atoms with Crippen LogP contribution in [0.3, 0.4) is 0 Å². The summed E-state index contributed by atoms with van der Waals surface area (Å²) < 4.78 is 15.7. The number of nitrogens with one attached hydrogen (secondary N) is 1. The third kappa shape index (κ3) is 3.14. The van der Waals surface area contributed by atoms with Gasteiger partial charge in [-0.1, -0.05) is 24.1 Å². The predicted octanol–water partition coefficient (Wildman–Crippen LogP) is 4.32. The van der Waals surface area contributed by atoms with Crippen LogP contribution < -0.4 is 5.32 Å². The van der Waals surface area contributed by atoms with Crippen molar-refractivity contribution in [2.75, 3.05) is 7.05 Å². The third-order valence-electron chi connectivity index (χ3n) is 4.26. The normalized spacial score (nSPS) is 18.3. The Morgan fingerprint density at radius 1 is 1.33 bits per heavy atom. The van der Waals surface area contributed by atoms with E-state index in [4.69, 9.17) is 11.6 Å². The molecule has 1 N–H and O–H groups in total. The topological polar surface area (TPSA) is 17.0 Å².